The Hall–Kier alpha value is -4.21. The summed E-state index contributed by atoms with van der Waals surface area (Å²) in [5, 5.41) is 3.49. The van der Waals surface area contributed by atoms with Gasteiger partial charge in [-0.3, -0.25) is 9.69 Å². The highest BCUT2D eigenvalue weighted by Crippen LogP contribution is 2.40. The fourth-order valence-electron chi connectivity index (χ4n) is 4.07. The average molecular weight is 476 g/mol. The van der Waals surface area contributed by atoms with E-state index >= 15 is 4.39 Å². The van der Waals surface area contributed by atoms with Gasteiger partial charge in [0.25, 0.3) is 0 Å². The SMILES string of the molecule is CCN(C)c1cc(Nc2c(C)c(N3CCC3=O)nc3cc(F)cc(F)c23)c(-c2cncnc2)cn1. The minimum absolute atomic E-state index is 0.0827. The summed E-state index contributed by atoms with van der Waals surface area (Å²) in [7, 11) is 1.92. The quantitative estimate of drug-likeness (QED) is 0.408. The molecule has 4 aromatic rings. The van der Waals surface area contributed by atoms with Gasteiger partial charge in [0.1, 0.15) is 29.6 Å². The number of rotatable bonds is 6. The van der Waals surface area contributed by atoms with Gasteiger partial charge in [-0.2, -0.15) is 0 Å². The Labute approximate surface area is 200 Å². The van der Waals surface area contributed by atoms with Crippen molar-refractivity contribution in [1.29, 1.82) is 0 Å². The predicted molar refractivity (Wildman–Crippen MR) is 131 cm³/mol. The van der Waals surface area contributed by atoms with E-state index in [1.165, 1.54) is 17.3 Å². The Morgan fingerprint density at radius 3 is 2.57 bits per heavy atom. The predicted octanol–water partition coefficient (Wildman–Crippen LogP) is 4.61. The molecule has 0 radical (unpaired) electrons. The molecule has 178 valence electrons. The molecule has 1 saturated heterocycles. The maximum absolute atomic E-state index is 15.1. The lowest BCUT2D eigenvalue weighted by molar-refractivity contribution is -0.122. The number of carbonyl (C=O) groups is 1. The van der Waals surface area contributed by atoms with Crippen LogP contribution in [0.3, 0.4) is 0 Å². The second-order valence-corrected chi connectivity index (χ2v) is 8.37. The fraction of sp³-hybridized carbons (Fsp3) is 0.240. The van der Waals surface area contributed by atoms with Crippen LogP contribution in [0.5, 0.6) is 0 Å². The van der Waals surface area contributed by atoms with Gasteiger partial charge < -0.3 is 10.2 Å². The normalized spacial score (nSPS) is 13.2. The number of hydrogen-bond donors (Lipinski definition) is 1. The van der Waals surface area contributed by atoms with Crippen molar-refractivity contribution in [3.63, 3.8) is 0 Å². The van der Waals surface area contributed by atoms with Gasteiger partial charge in [-0.25, -0.2) is 28.7 Å². The number of nitrogens with zero attached hydrogens (tertiary/aromatic N) is 6. The Kier molecular flexibility index (Phi) is 5.72. The summed E-state index contributed by atoms with van der Waals surface area (Å²) < 4.78 is 29.3. The number of nitrogens with one attached hydrogen (secondary N) is 1. The van der Waals surface area contributed by atoms with Gasteiger partial charge in [-0.15, -0.1) is 0 Å². The van der Waals surface area contributed by atoms with E-state index in [2.05, 4.69) is 25.3 Å². The third kappa shape index (κ3) is 4.01. The van der Waals surface area contributed by atoms with Gasteiger partial charge in [0.2, 0.25) is 5.91 Å². The van der Waals surface area contributed by atoms with Crippen LogP contribution in [-0.2, 0) is 4.79 Å². The molecule has 0 aliphatic carbocycles. The van der Waals surface area contributed by atoms with Crippen LogP contribution in [0, 0.1) is 18.6 Å². The summed E-state index contributed by atoms with van der Waals surface area (Å²) in [5.41, 5.74) is 3.14. The van der Waals surface area contributed by atoms with Crippen molar-refractivity contribution >= 4 is 39.8 Å². The molecular formula is C25H23F2N7O. The van der Waals surface area contributed by atoms with Crippen molar-refractivity contribution in [2.45, 2.75) is 20.3 Å². The van der Waals surface area contributed by atoms with Gasteiger partial charge in [0, 0.05) is 80.0 Å². The van der Waals surface area contributed by atoms with Gasteiger partial charge in [-0.1, -0.05) is 0 Å². The summed E-state index contributed by atoms with van der Waals surface area (Å²) in [6.07, 6.45) is 6.88. The second-order valence-electron chi connectivity index (χ2n) is 8.37. The second kappa shape index (κ2) is 8.86. The Morgan fingerprint density at radius 1 is 1.14 bits per heavy atom. The fourth-order valence-corrected chi connectivity index (χ4v) is 4.07. The lowest BCUT2D eigenvalue weighted by Gasteiger charge is -2.32. The molecule has 35 heavy (non-hydrogen) atoms. The zero-order valence-corrected chi connectivity index (χ0v) is 19.5. The molecule has 10 heteroatoms. The Bertz CT molecular complexity index is 1450. The maximum atomic E-state index is 15.1. The molecule has 0 atom stereocenters. The number of amides is 1. The molecule has 1 aromatic carbocycles. The van der Waals surface area contributed by atoms with Crippen molar-refractivity contribution in [2.75, 3.05) is 35.3 Å². The van der Waals surface area contributed by atoms with Crippen LogP contribution in [0.15, 0.2) is 43.1 Å². The number of carbonyl (C=O) groups excluding carboxylic acids is 1. The maximum Gasteiger partial charge on any atom is 0.229 e. The first-order chi connectivity index (χ1) is 16.9. The lowest BCUT2D eigenvalue weighted by Crippen LogP contribution is -2.44. The van der Waals surface area contributed by atoms with E-state index in [9.17, 15) is 9.18 Å². The molecule has 1 aliphatic rings. The average Bonchev–Trinajstić information content (AvgIpc) is 2.85. The number of hydrogen-bond acceptors (Lipinski definition) is 7. The number of fused-ring (bicyclic) bond motifs is 1. The van der Waals surface area contributed by atoms with E-state index in [1.807, 2.05) is 24.9 Å². The van der Waals surface area contributed by atoms with Crippen LogP contribution in [0.2, 0.25) is 0 Å². The van der Waals surface area contributed by atoms with Crippen LogP contribution in [0.4, 0.5) is 31.8 Å². The van der Waals surface area contributed by atoms with Crippen molar-refractivity contribution < 1.29 is 13.6 Å². The molecule has 3 aromatic heterocycles. The summed E-state index contributed by atoms with van der Waals surface area (Å²) >= 11 is 0. The molecule has 0 saturated carbocycles. The number of β-lactam (4-membered cyclic amide) rings is 1. The van der Waals surface area contributed by atoms with Gasteiger partial charge in [0.05, 0.1) is 22.3 Å². The number of halogens is 2. The van der Waals surface area contributed by atoms with Crippen molar-refractivity contribution in [1.82, 2.24) is 19.9 Å². The number of pyridine rings is 2. The first kappa shape index (κ1) is 22.6. The molecule has 0 spiro atoms. The number of benzene rings is 1. The summed E-state index contributed by atoms with van der Waals surface area (Å²) in [6.45, 7) is 5.01. The largest absolute Gasteiger partial charge is 0.360 e. The lowest BCUT2D eigenvalue weighted by atomic mass is 10.0. The Balaban J connectivity index is 1.74. The Morgan fingerprint density at radius 2 is 1.91 bits per heavy atom. The summed E-state index contributed by atoms with van der Waals surface area (Å²) in [6, 6.07) is 3.86. The summed E-state index contributed by atoms with van der Waals surface area (Å²) in [4.78, 5) is 32.9. The van der Waals surface area contributed by atoms with E-state index in [-0.39, 0.29) is 16.8 Å². The minimum Gasteiger partial charge on any atom is -0.360 e. The number of aromatic nitrogens is 4. The highest BCUT2D eigenvalue weighted by atomic mass is 19.1. The van der Waals surface area contributed by atoms with Crippen molar-refractivity contribution in [3.8, 4) is 11.1 Å². The smallest absolute Gasteiger partial charge is 0.229 e. The highest BCUT2D eigenvalue weighted by Gasteiger charge is 2.30. The van der Waals surface area contributed by atoms with Crippen LogP contribution in [0.25, 0.3) is 22.0 Å². The minimum atomic E-state index is -0.746. The van der Waals surface area contributed by atoms with Gasteiger partial charge in [0.15, 0.2) is 0 Å². The van der Waals surface area contributed by atoms with Gasteiger partial charge in [-0.05, 0) is 13.8 Å². The van der Waals surface area contributed by atoms with Crippen LogP contribution < -0.4 is 15.1 Å². The van der Waals surface area contributed by atoms with E-state index in [0.717, 1.165) is 12.6 Å². The van der Waals surface area contributed by atoms with Crippen molar-refractivity contribution in [2.24, 2.45) is 0 Å². The summed E-state index contributed by atoms with van der Waals surface area (Å²) in [5.74, 6) is -0.483. The highest BCUT2D eigenvalue weighted by molar-refractivity contribution is 6.04. The third-order valence-corrected chi connectivity index (χ3v) is 6.21. The van der Waals surface area contributed by atoms with E-state index < -0.39 is 11.6 Å². The molecule has 4 heterocycles. The molecule has 1 fully saturated rings. The number of anilines is 4. The molecule has 0 unspecified atom stereocenters. The topological polar surface area (TPSA) is 87.1 Å². The molecule has 1 amide bonds. The van der Waals surface area contributed by atoms with Gasteiger partial charge >= 0.3 is 0 Å². The standard InChI is InChI=1S/C25H23F2N7O/c1-4-33(3)21-9-19(17(12-30-21)15-10-28-13-29-11-15)31-24-14(2)25(34-6-5-22(34)35)32-20-8-16(26)7-18(27)23(20)24/h7-13H,4-6H2,1-3H3,(H,30,31,32). The first-order valence-electron chi connectivity index (χ1n) is 11.2. The molecule has 1 N–H and O–H groups in total. The zero-order valence-electron chi connectivity index (χ0n) is 19.5. The zero-order chi connectivity index (χ0) is 24.7. The van der Waals surface area contributed by atoms with Crippen LogP contribution >= 0.6 is 0 Å². The molecular weight excluding hydrogens is 452 g/mol. The molecule has 1 aliphatic heterocycles. The first-order valence-corrected chi connectivity index (χ1v) is 11.2. The van der Waals surface area contributed by atoms with Crippen LogP contribution in [0.1, 0.15) is 18.9 Å². The third-order valence-electron chi connectivity index (χ3n) is 6.21. The van der Waals surface area contributed by atoms with E-state index in [1.54, 1.807) is 25.5 Å². The van der Waals surface area contributed by atoms with E-state index in [0.29, 0.717) is 52.7 Å². The molecule has 5 rings (SSSR count). The van der Waals surface area contributed by atoms with Crippen LogP contribution in [-0.4, -0.2) is 46.0 Å². The van der Waals surface area contributed by atoms with Crippen molar-refractivity contribution in [3.05, 3.63) is 60.3 Å². The molecule has 8 nitrogen and oxygen atoms in total. The monoisotopic (exact) mass is 475 g/mol. The van der Waals surface area contributed by atoms with E-state index in [4.69, 9.17) is 0 Å². The molecule has 0 bridgehead atoms.